The first-order chi connectivity index (χ1) is 13.7. The number of pyridine rings is 1. The Morgan fingerprint density at radius 3 is 2.62 bits per heavy atom. The van der Waals surface area contributed by atoms with Gasteiger partial charge < -0.3 is 9.67 Å². The molecule has 0 amide bonds. The van der Waals surface area contributed by atoms with Gasteiger partial charge in [0, 0.05) is 6.42 Å². The molecule has 1 aliphatic rings. The molecule has 1 aliphatic carbocycles. The number of nitrogens with one attached hydrogen (secondary N) is 1. The Bertz CT molecular complexity index is 1010. The summed E-state index contributed by atoms with van der Waals surface area (Å²) in [5.74, 6) is 1.25. The van der Waals surface area contributed by atoms with E-state index in [4.69, 9.17) is 4.98 Å². The maximum atomic E-state index is 12.9. The van der Waals surface area contributed by atoms with Crippen LogP contribution in [-0.2, 0) is 12.6 Å². The molecular weight excluding hydrogens is 383 g/mol. The fourth-order valence-electron chi connectivity index (χ4n) is 4.06. The summed E-state index contributed by atoms with van der Waals surface area (Å²) in [5, 5.41) is 16.4. The second kappa shape index (κ2) is 7.44. The van der Waals surface area contributed by atoms with Gasteiger partial charge in [-0.2, -0.15) is 18.3 Å². The number of nitrogens with zero attached hydrogens (tertiary/aromatic N) is 4. The highest BCUT2D eigenvalue weighted by molar-refractivity contribution is 5.79. The van der Waals surface area contributed by atoms with Gasteiger partial charge in [0.25, 0.3) is 0 Å². The Morgan fingerprint density at radius 1 is 1.21 bits per heavy atom. The number of aromatic amines is 1. The lowest BCUT2D eigenvalue weighted by molar-refractivity contribution is -0.141. The first-order valence-electron chi connectivity index (χ1n) is 9.92. The number of H-pyrrole nitrogens is 1. The van der Waals surface area contributed by atoms with Gasteiger partial charge in [0.1, 0.15) is 22.7 Å². The number of alkyl halides is 3. The molecule has 1 fully saturated rings. The van der Waals surface area contributed by atoms with E-state index in [-0.39, 0.29) is 11.7 Å². The number of rotatable bonds is 4. The molecular formula is C20H24F3N5O. The lowest BCUT2D eigenvalue weighted by Crippen LogP contribution is -2.29. The molecule has 0 aromatic carbocycles. The van der Waals surface area contributed by atoms with Crippen molar-refractivity contribution < 1.29 is 18.3 Å². The minimum atomic E-state index is -4.49. The van der Waals surface area contributed by atoms with Crippen LogP contribution in [-0.4, -0.2) is 35.9 Å². The van der Waals surface area contributed by atoms with Gasteiger partial charge in [0.15, 0.2) is 0 Å². The molecule has 0 saturated heterocycles. The minimum absolute atomic E-state index is 0.0947. The molecule has 6 nitrogen and oxygen atoms in total. The molecule has 3 aromatic heterocycles. The molecule has 0 bridgehead atoms. The average molecular weight is 407 g/mol. The van der Waals surface area contributed by atoms with Gasteiger partial charge in [-0.25, -0.2) is 4.98 Å². The van der Waals surface area contributed by atoms with Crippen LogP contribution >= 0.6 is 0 Å². The molecule has 0 radical (unpaired) electrons. The van der Waals surface area contributed by atoms with Gasteiger partial charge in [0.05, 0.1) is 29.6 Å². The summed E-state index contributed by atoms with van der Waals surface area (Å²) in [6.45, 7) is 4.21. The summed E-state index contributed by atoms with van der Waals surface area (Å²) in [7, 11) is 0. The van der Waals surface area contributed by atoms with Crippen LogP contribution in [0.3, 0.4) is 0 Å². The van der Waals surface area contributed by atoms with Gasteiger partial charge in [-0.15, -0.1) is 0 Å². The number of aliphatic hydroxyl groups excluding tert-OH is 1. The van der Waals surface area contributed by atoms with Crippen molar-refractivity contribution in [3.05, 3.63) is 29.8 Å². The Kier molecular flexibility index (Phi) is 5.10. The zero-order valence-electron chi connectivity index (χ0n) is 16.4. The monoisotopic (exact) mass is 407 g/mol. The van der Waals surface area contributed by atoms with Crippen LogP contribution in [0.15, 0.2) is 18.3 Å². The Balaban J connectivity index is 1.82. The Labute approximate surface area is 166 Å². The number of aromatic nitrogens is 5. The van der Waals surface area contributed by atoms with Crippen LogP contribution in [0.5, 0.6) is 0 Å². The standard InChI is InChI=1S/C20H24F3N5O/c1-11(2)7-19-25-14-10-24-12(13-9-18(27-26-13)20(21,22)23)8-16(14)28(19)15-5-3-4-6-17(15)29/h8-11,15,17,29H,3-7H2,1-2H3,(H,26,27)/t15-,17-/m0/s1. The summed E-state index contributed by atoms with van der Waals surface area (Å²) < 4.78 is 40.8. The average Bonchev–Trinajstić information content (AvgIpc) is 3.26. The normalized spacial score (nSPS) is 20.7. The molecule has 4 rings (SSSR count). The lowest BCUT2D eigenvalue weighted by Gasteiger charge is -2.30. The summed E-state index contributed by atoms with van der Waals surface area (Å²) in [4.78, 5) is 9.00. The van der Waals surface area contributed by atoms with E-state index in [0.717, 1.165) is 49.5 Å². The van der Waals surface area contributed by atoms with Gasteiger partial charge in [-0.1, -0.05) is 26.7 Å². The molecule has 2 atom stereocenters. The van der Waals surface area contributed by atoms with E-state index in [2.05, 4.69) is 28.5 Å². The van der Waals surface area contributed by atoms with E-state index in [9.17, 15) is 18.3 Å². The van der Waals surface area contributed by atoms with Crippen molar-refractivity contribution in [1.82, 2.24) is 24.7 Å². The Morgan fingerprint density at radius 2 is 1.97 bits per heavy atom. The van der Waals surface area contributed by atoms with Gasteiger partial charge >= 0.3 is 6.18 Å². The topological polar surface area (TPSA) is 79.6 Å². The van der Waals surface area contributed by atoms with Crippen LogP contribution < -0.4 is 0 Å². The molecule has 9 heteroatoms. The number of halogens is 3. The van der Waals surface area contributed by atoms with Crippen molar-refractivity contribution in [1.29, 1.82) is 0 Å². The maximum absolute atomic E-state index is 12.9. The Hall–Kier alpha value is -2.42. The van der Waals surface area contributed by atoms with Crippen LogP contribution in [0.25, 0.3) is 22.4 Å². The quantitative estimate of drug-likeness (QED) is 0.667. The lowest BCUT2D eigenvalue weighted by atomic mass is 9.92. The summed E-state index contributed by atoms with van der Waals surface area (Å²) in [6.07, 6.45) is 0.946. The van der Waals surface area contributed by atoms with Crippen LogP contribution in [0.1, 0.15) is 57.1 Å². The largest absolute Gasteiger partial charge is 0.432 e. The maximum Gasteiger partial charge on any atom is 0.432 e. The molecule has 156 valence electrons. The van der Waals surface area contributed by atoms with E-state index in [1.165, 1.54) is 0 Å². The fourth-order valence-corrected chi connectivity index (χ4v) is 4.06. The number of hydrogen-bond acceptors (Lipinski definition) is 4. The van der Waals surface area contributed by atoms with Crippen molar-refractivity contribution in [2.45, 2.75) is 64.3 Å². The van der Waals surface area contributed by atoms with Crippen molar-refractivity contribution >= 4 is 11.0 Å². The first kappa shape index (κ1) is 19.9. The third kappa shape index (κ3) is 3.88. The van der Waals surface area contributed by atoms with E-state index in [1.807, 2.05) is 5.10 Å². The van der Waals surface area contributed by atoms with Gasteiger partial charge in [-0.05, 0) is 30.9 Å². The van der Waals surface area contributed by atoms with Crippen molar-refractivity contribution in [3.8, 4) is 11.4 Å². The third-order valence-electron chi connectivity index (χ3n) is 5.41. The highest BCUT2D eigenvalue weighted by Crippen LogP contribution is 2.35. The van der Waals surface area contributed by atoms with Crippen molar-refractivity contribution in [3.63, 3.8) is 0 Å². The molecule has 29 heavy (non-hydrogen) atoms. The molecule has 3 heterocycles. The smallest absolute Gasteiger partial charge is 0.391 e. The number of hydrogen-bond donors (Lipinski definition) is 2. The van der Waals surface area contributed by atoms with E-state index < -0.39 is 18.0 Å². The van der Waals surface area contributed by atoms with Crippen molar-refractivity contribution in [2.75, 3.05) is 0 Å². The van der Waals surface area contributed by atoms with Crippen LogP contribution in [0.2, 0.25) is 0 Å². The molecule has 0 unspecified atom stereocenters. The fraction of sp³-hybridized carbons (Fsp3) is 0.550. The van der Waals surface area contributed by atoms with E-state index in [1.54, 1.807) is 12.3 Å². The number of imidazole rings is 1. The second-order valence-electron chi connectivity index (χ2n) is 8.14. The van der Waals surface area contributed by atoms with Crippen LogP contribution in [0.4, 0.5) is 13.2 Å². The molecule has 0 aliphatic heterocycles. The molecule has 1 saturated carbocycles. The molecule has 2 N–H and O–H groups in total. The SMILES string of the molecule is CC(C)Cc1nc2cnc(-c3cc(C(F)(F)F)[nH]n3)cc2n1[C@H]1CCCC[C@@H]1O. The van der Waals surface area contributed by atoms with E-state index >= 15 is 0 Å². The zero-order chi connectivity index (χ0) is 20.8. The highest BCUT2D eigenvalue weighted by atomic mass is 19.4. The summed E-state index contributed by atoms with van der Waals surface area (Å²) in [5.41, 5.74) is 1.00. The highest BCUT2D eigenvalue weighted by Gasteiger charge is 2.33. The predicted molar refractivity (Wildman–Crippen MR) is 102 cm³/mol. The third-order valence-corrected chi connectivity index (χ3v) is 5.41. The minimum Gasteiger partial charge on any atom is -0.391 e. The summed E-state index contributed by atoms with van der Waals surface area (Å²) >= 11 is 0. The van der Waals surface area contributed by atoms with Gasteiger partial charge in [0.2, 0.25) is 0 Å². The first-order valence-corrected chi connectivity index (χ1v) is 9.92. The van der Waals surface area contributed by atoms with Crippen molar-refractivity contribution in [2.24, 2.45) is 5.92 Å². The predicted octanol–water partition coefficient (Wildman–Crippen LogP) is 4.51. The molecule has 3 aromatic rings. The zero-order valence-corrected chi connectivity index (χ0v) is 16.4. The van der Waals surface area contributed by atoms with Crippen LogP contribution in [0, 0.1) is 5.92 Å². The number of fused-ring (bicyclic) bond motifs is 1. The van der Waals surface area contributed by atoms with E-state index in [0.29, 0.717) is 17.1 Å². The van der Waals surface area contributed by atoms with Gasteiger partial charge in [-0.3, -0.25) is 10.1 Å². The summed E-state index contributed by atoms with van der Waals surface area (Å²) in [6, 6.07) is 2.59. The second-order valence-corrected chi connectivity index (χ2v) is 8.14. The molecule has 0 spiro atoms. The number of aliphatic hydroxyl groups is 1.